The fourth-order valence-corrected chi connectivity index (χ4v) is 2.87. The largest absolute Gasteiger partial charge is 0.383 e. The van der Waals surface area contributed by atoms with Gasteiger partial charge in [0.15, 0.2) is 0 Å². The summed E-state index contributed by atoms with van der Waals surface area (Å²) in [4.78, 5) is 9.12. The zero-order valence-electron chi connectivity index (χ0n) is 11.0. The number of pyridine rings is 2. The molecule has 5 heteroatoms. The smallest absolute Gasteiger partial charge is 0.139 e. The Morgan fingerprint density at radius 3 is 2.81 bits per heavy atom. The summed E-state index contributed by atoms with van der Waals surface area (Å²) in [7, 11) is 0. The van der Waals surface area contributed by atoms with Gasteiger partial charge in [0.2, 0.25) is 0 Å². The molecule has 0 atom stereocenters. The first-order valence-corrected chi connectivity index (χ1v) is 7.30. The van der Waals surface area contributed by atoms with E-state index in [4.69, 9.17) is 5.73 Å². The second-order valence-corrected chi connectivity index (χ2v) is 5.72. The second kappa shape index (κ2) is 4.56. The van der Waals surface area contributed by atoms with Crippen LogP contribution in [0.3, 0.4) is 0 Å². The summed E-state index contributed by atoms with van der Waals surface area (Å²) in [5, 5.41) is 1.08. The third kappa shape index (κ3) is 1.89. The Morgan fingerprint density at radius 1 is 1.05 bits per heavy atom. The maximum atomic E-state index is 6.28. The van der Waals surface area contributed by atoms with E-state index in [1.165, 1.54) is 0 Å². The first-order valence-electron chi connectivity index (χ1n) is 6.51. The molecule has 4 aromatic rings. The molecule has 0 aliphatic rings. The lowest BCUT2D eigenvalue weighted by Gasteiger charge is -2.04. The van der Waals surface area contributed by atoms with E-state index in [0.29, 0.717) is 5.82 Å². The number of benzene rings is 1. The minimum atomic E-state index is 0.615. The summed E-state index contributed by atoms with van der Waals surface area (Å²) in [5.74, 6) is 0.615. The van der Waals surface area contributed by atoms with Crippen LogP contribution in [0.1, 0.15) is 0 Å². The number of imidazole rings is 1. The molecule has 0 fully saturated rings. The van der Waals surface area contributed by atoms with Gasteiger partial charge in [-0.2, -0.15) is 0 Å². The van der Waals surface area contributed by atoms with E-state index in [0.717, 1.165) is 32.3 Å². The minimum absolute atomic E-state index is 0.615. The average Bonchev–Trinajstić information content (AvgIpc) is 2.83. The average molecular weight is 339 g/mol. The number of nitrogens with two attached hydrogens (primary N) is 1. The molecular weight excluding hydrogens is 328 g/mol. The summed E-state index contributed by atoms with van der Waals surface area (Å²) in [5.41, 5.74) is 9.72. The maximum absolute atomic E-state index is 6.28. The van der Waals surface area contributed by atoms with Crippen molar-refractivity contribution in [3.63, 3.8) is 0 Å². The van der Waals surface area contributed by atoms with E-state index in [2.05, 4.69) is 25.9 Å². The summed E-state index contributed by atoms with van der Waals surface area (Å²) >= 11 is 3.46. The van der Waals surface area contributed by atoms with Crippen molar-refractivity contribution >= 4 is 38.3 Å². The molecule has 0 radical (unpaired) electrons. The van der Waals surface area contributed by atoms with Crippen molar-refractivity contribution in [1.82, 2.24) is 14.4 Å². The van der Waals surface area contributed by atoms with Crippen molar-refractivity contribution in [2.75, 3.05) is 5.73 Å². The molecule has 4 rings (SSSR count). The SMILES string of the molecule is Nc1c(-c2cccc3cccnc23)nc2ccc(Br)cn12. The molecule has 4 nitrogen and oxygen atoms in total. The quantitative estimate of drug-likeness (QED) is 0.572. The summed E-state index contributed by atoms with van der Waals surface area (Å²) in [6, 6.07) is 13.9. The van der Waals surface area contributed by atoms with Gasteiger partial charge in [0, 0.05) is 27.8 Å². The van der Waals surface area contributed by atoms with E-state index in [1.807, 2.05) is 53.1 Å². The number of fused-ring (bicyclic) bond motifs is 2. The lowest BCUT2D eigenvalue weighted by Crippen LogP contribution is -1.94. The van der Waals surface area contributed by atoms with Crippen molar-refractivity contribution in [1.29, 1.82) is 0 Å². The predicted molar refractivity (Wildman–Crippen MR) is 88.0 cm³/mol. The summed E-state index contributed by atoms with van der Waals surface area (Å²) in [6.45, 7) is 0. The molecule has 0 amide bonds. The van der Waals surface area contributed by atoms with Crippen LogP contribution < -0.4 is 5.73 Å². The number of aromatic nitrogens is 3. The Morgan fingerprint density at radius 2 is 1.90 bits per heavy atom. The van der Waals surface area contributed by atoms with Crippen LogP contribution in [0.5, 0.6) is 0 Å². The fourth-order valence-electron chi connectivity index (χ4n) is 2.53. The minimum Gasteiger partial charge on any atom is -0.383 e. The van der Waals surface area contributed by atoms with Crippen LogP contribution in [0.4, 0.5) is 5.82 Å². The zero-order valence-corrected chi connectivity index (χ0v) is 12.6. The first-order chi connectivity index (χ1) is 10.2. The van der Waals surface area contributed by atoms with Crippen LogP contribution in [0, 0.1) is 0 Å². The van der Waals surface area contributed by atoms with Gasteiger partial charge in [-0.1, -0.05) is 24.3 Å². The van der Waals surface area contributed by atoms with Crippen molar-refractivity contribution in [3.05, 3.63) is 59.3 Å². The molecular formula is C16H11BrN4. The highest BCUT2D eigenvalue weighted by molar-refractivity contribution is 9.10. The molecule has 2 N–H and O–H groups in total. The number of halogens is 1. The van der Waals surface area contributed by atoms with Crippen molar-refractivity contribution < 1.29 is 0 Å². The van der Waals surface area contributed by atoms with Crippen LogP contribution in [0.15, 0.2) is 59.3 Å². The van der Waals surface area contributed by atoms with E-state index < -0.39 is 0 Å². The number of rotatable bonds is 1. The molecule has 3 heterocycles. The third-order valence-electron chi connectivity index (χ3n) is 3.51. The second-order valence-electron chi connectivity index (χ2n) is 4.80. The molecule has 1 aromatic carbocycles. The molecule has 0 aliphatic heterocycles. The Hall–Kier alpha value is -2.40. The fraction of sp³-hybridized carbons (Fsp3) is 0. The summed E-state index contributed by atoms with van der Waals surface area (Å²) < 4.78 is 2.84. The van der Waals surface area contributed by atoms with E-state index >= 15 is 0 Å². The number of nitrogens with zero attached hydrogens (tertiary/aromatic N) is 3. The Bertz CT molecular complexity index is 969. The van der Waals surface area contributed by atoms with E-state index in [1.54, 1.807) is 6.20 Å². The third-order valence-corrected chi connectivity index (χ3v) is 3.98. The lowest BCUT2D eigenvalue weighted by atomic mass is 10.1. The van der Waals surface area contributed by atoms with E-state index in [9.17, 15) is 0 Å². The van der Waals surface area contributed by atoms with Crippen LogP contribution in [0.2, 0.25) is 0 Å². The Kier molecular flexibility index (Phi) is 2.68. The van der Waals surface area contributed by atoms with Crippen LogP contribution in [0.25, 0.3) is 27.8 Å². The molecule has 0 aliphatic carbocycles. The van der Waals surface area contributed by atoms with Gasteiger partial charge in [-0.05, 0) is 34.1 Å². The van der Waals surface area contributed by atoms with Crippen LogP contribution in [-0.4, -0.2) is 14.4 Å². The molecule has 0 bridgehead atoms. The highest BCUT2D eigenvalue weighted by atomic mass is 79.9. The van der Waals surface area contributed by atoms with Gasteiger partial charge in [0.25, 0.3) is 0 Å². The van der Waals surface area contributed by atoms with Gasteiger partial charge < -0.3 is 5.73 Å². The number of hydrogen-bond donors (Lipinski definition) is 1. The summed E-state index contributed by atoms with van der Waals surface area (Å²) in [6.07, 6.45) is 3.70. The van der Waals surface area contributed by atoms with Gasteiger partial charge in [-0.15, -0.1) is 0 Å². The normalized spacial score (nSPS) is 11.3. The number of hydrogen-bond acceptors (Lipinski definition) is 3. The maximum Gasteiger partial charge on any atom is 0.139 e. The Balaban J connectivity index is 2.07. The number of anilines is 1. The molecule has 3 aromatic heterocycles. The molecule has 0 saturated heterocycles. The molecule has 0 saturated carbocycles. The van der Waals surface area contributed by atoms with Crippen molar-refractivity contribution in [2.45, 2.75) is 0 Å². The Labute approximate surface area is 129 Å². The van der Waals surface area contributed by atoms with Gasteiger partial charge in [-0.25, -0.2) is 4.98 Å². The predicted octanol–water partition coefficient (Wildman–Crippen LogP) is 3.89. The highest BCUT2D eigenvalue weighted by Gasteiger charge is 2.14. The van der Waals surface area contributed by atoms with Gasteiger partial charge >= 0.3 is 0 Å². The van der Waals surface area contributed by atoms with Crippen molar-refractivity contribution in [3.8, 4) is 11.3 Å². The lowest BCUT2D eigenvalue weighted by molar-refractivity contribution is 1.18. The monoisotopic (exact) mass is 338 g/mol. The number of para-hydroxylation sites is 1. The molecule has 0 unspecified atom stereocenters. The van der Waals surface area contributed by atoms with E-state index in [-0.39, 0.29) is 0 Å². The first kappa shape index (κ1) is 12.3. The zero-order chi connectivity index (χ0) is 14.4. The topological polar surface area (TPSA) is 56.2 Å². The molecule has 102 valence electrons. The highest BCUT2D eigenvalue weighted by Crippen LogP contribution is 2.31. The van der Waals surface area contributed by atoms with Gasteiger partial charge in [-0.3, -0.25) is 9.38 Å². The van der Waals surface area contributed by atoms with Crippen molar-refractivity contribution in [2.24, 2.45) is 0 Å². The molecule has 0 spiro atoms. The van der Waals surface area contributed by atoms with Gasteiger partial charge in [0.1, 0.15) is 17.2 Å². The van der Waals surface area contributed by atoms with Crippen LogP contribution >= 0.6 is 15.9 Å². The van der Waals surface area contributed by atoms with Gasteiger partial charge in [0.05, 0.1) is 5.52 Å². The molecule has 21 heavy (non-hydrogen) atoms. The number of nitrogen functional groups attached to an aromatic ring is 1. The standard InChI is InChI=1S/C16H11BrN4/c17-11-6-7-13-20-15(16(18)21(13)9-11)12-5-1-3-10-4-2-8-19-14(10)12/h1-9H,18H2. The van der Waals surface area contributed by atoms with Crippen LogP contribution in [-0.2, 0) is 0 Å².